The number of aromatic nitrogens is 2. The molecule has 0 unspecified atom stereocenters. The van der Waals surface area contributed by atoms with E-state index in [0.29, 0.717) is 29.6 Å². The summed E-state index contributed by atoms with van der Waals surface area (Å²) in [7, 11) is 0. The Morgan fingerprint density at radius 3 is 2.61 bits per heavy atom. The number of ether oxygens (including phenoxy) is 2. The lowest BCUT2D eigenvalue weighted by molar-refractivity contribution is 0.319. The minimum absolute atomic E-state index is 0.373. The van der Waals surface area contributed by atoms with Gasteiger partial charge in [-0.3, -0.25) is 0 Å². The third kappa shape index (κ3) is 2.36. The summed E-state index contributed by atoms with van der Waals surface area (Å²) in [4.78, 5) is 8.53. The molecule has 0 aliphatic carbocycles. The van der Waals surface area contributed by atoms with Crippen LogP contribution in [0, 0.1) is 0 Å². The predicted molar refractivity (Wildman–Crippen MR) is 87.0 cm³/mol. The van der Waals surface area contributed by atoms with E-state index in [9.17, 15) is 0 Å². The Kier molecular flexibility index (Phi) is 3.31. The van der Waals surface area contributed by atoms with Gasteiger partial charge in [-0.25, -0.2) is 4.98 Å². The van der Waals surface area contributed by atoms with Gasteiger partial charge in [-0.15, -0.1) is 0 Å². The lowest BCUT2D eigenvalue weighted by Gasteiger charge is -2.10. The molecule has 0 amide bonds. The van der Waals surface area contributed by atoms with Crippen LogP contribution in [0.25, 0.3) is 22.1 Å². The second-order valence-corrected chi connectivity index (χ2v) is 4.94. The molecule has 2 aromatic heterocycles. The molecule has 0 saturated carbocycles. The minimum atomic E-state index is 0.373. The molecule has 0 bridgehead atoms. The van der Waals surface area contributed by atoms with Crippen molar-refractivity contribution in [2.24, 2.45) is 0 Å². The third-order valence-electron chi connectivity index (χ3n) is 3.48. The fourth-order valence-electron chi connectivity index (χ4n) is 2.49. The van der Waals surface area contributed by atoms with Crippen molar-refractivity contribution in [2.45, 2.75) is 6.92 Å². The van der Waals surface area contributed by atoms with E-state index in [2.05, 4.69) is 9.97 Å². The molecule has 114 valence electrons. The van der Waals surface area contributed by atoms with Crippen LogP contribution in [-0.4, -0.2) is 16.6 Å². The number of furan rings is 1. The molecule has 0 N–H and O–H groups in total. The van der Waals surface area contributed by atoms with E-state index in [1.807, 2.05) is 55.5 Å². The van der Waals surface area contributed by atoms with Gasteiger partial charge in [0.25, 0.3) is 5.88 Å². The van der Waals surface area contributed by atoms with Gasteiger partial charge in [0.1, 0.15) is 17.4 Å². The predicted octanol–water partition coefficient (Wildman–Crippen LogP) is 4.57. The summed E-state index contributed by atoms with van der Waals surface area (Å²) in [6.07, 6.45) is 1.48. The first-order valence-electron chi connectivity index (χ1n) is 7.38. The van der Waals surface area contributed by atoms with Crippen LogP contribution in [0.1, 0.15) is 6.92 Å². The smallest absolute Gasteiger partial charge is 0.267 e. The zero-order valence-corrected chi connectivity index (χ0v) is 12.5. The second-order valence-electron chi connectivity index (χ2n) is 4.94. The van der Waals surface area contributed by atoms with Crippen LogP contribution >= 0.6 is 0 Å². The van der Waals surface area contributed by atoms with Crippen LogP contribution in [0.2, 0.25) is 0 Å². The van der Waals surface area contributed by atoms with Gasteiger partial charge in [0.2, 0.25) is 5.58 Å². The molecule has 2 heterocycles. The molecule has 0 spiro atoms. The molecule has 4 rings (SSSR count). The highest BCUT2D eigenvalue weighted by Crippen LogP contribution is 2.36. The van der Waals surface area contributed by atoms with Crippen molar-refractivity contribution in [1.29, 1.82) is 0 Å². The Morgan fingerprint density at radius 1 is 0.957 bits per heavy atom. The molecule has 2 aromatic carbocycles. The Balaban J connectivity index is 1.84. The minimum Gasteiger partial charge on any atom is -0.490 e. The van der Waals surface area contributed by atoms with Gasteiger partial charge in [-0.05, 0) is 31.2 Å². The first kappa shape index (κ1) is 13.6. The molecule has 0 aliphatic rings. The highest BCUT2D eigenvalue weighted by Gasteiger charge is 2.15. The van der Waals surface area contributed by atoms with E-state index in [0.717, 1.165) is 16.5 Å². The fraction of sp³-hybridized carbons (Fsp3) is 0.111. The summed E-state index contributed by atoms with van der Waals surface area (Å²) in [5.74, 6) is 1.63. The zero-order chi connectivity index (χ0) is 15.6. The van der Waals surface area contributed by atoms with Gasteiger partial charge >= 0.3 is 0 Å². The van der Waals surface area contributed by atoms with E-state index in [1.165, 1.54) is 6.33 Å². The summed E-state index contributed by atoms with van der Waals surface area (Å²) >= 11 is 0. The third-order valence-corrected chi connectivity index (χ3v) is 3.48. The highest BCUT2D eigenvalue weighted by atomic mass is 16.5. The lowest BCUT2D eigenvalue weighted by Crippen LogP contribution is -1.96. The Morgan fingerprint density at radius 2 is 1.74 bits per heavy atom. The first-order chi connectivity index (χ1) is 11.4. The molecule has 0 aliphatic heterocycles. The number of para-hydroxylation sites is 3. The average Bonchev–Trinajstić information content (AvgIpc) is 2.97. The molecule has 0 radical (unpaired) electrons. The van der Waals surface area contributed by atoms with Crippen LogP contribution in [0.4, 0.5) is 0 Å². The summed E-state index contributed by atoms with van der Waals surface area (Å²) in [6, 6.07) is 15.2. The summed E-state index contributed by atoms with van der Waals surface area (Å²) in [5.41, 5.74) is 2.02. The SMILES string of the molecule is CCOc1ccccc1Oc1ncnc2c1oc1ccccc12. The standard InChI is InChI=1S/C18H14N2O3/c1-2-21-14-9-5-6-10-15(14)23-18-17-16(19-11-20-18)12-7-3-4-8-13(12)22-17/h3-11H,2H2,1H3. The van der Waals surface area contributed by atoms with Gasteiger partial charge < -0.3 is 13.9 Å². The van der Waals surface area contributed by atoms with Crippen molar-refractivity contribution >= 4 is 22.1 Å². The Hall–Kier alpha value is -3.08. The maximum atomic E-state index is 5.94. The van der Waals surface area contributed by atoms with E-state index in [1.54, 1.807) is 0 Å². The maximum Gasteiger partial charge on any atom is 0.267 e. The van der Waals surface area contributed by atoms with Crippen LogP contribution in [0.3, 0.4) is 0 Å². The van der Waals surface area contributed by atoms with Crippen molar-refractivity contribution in [3.05, 3.63) is 54.9 Å². The summed E-state index contributed by atoms with van der Waals surface area (Å²) in [6.45, 7) is 2.49. The van der Waals surface area contributed by atoms with Gasteiger partial charge in [0.15, 0.2) is 11.5 Å². The van der Waals surface area contributed by atoms with Crippen LogP contribution in [0.5, 0.6) is 17.4 Å². The molecule has 0 atom stereocenters. The molecule has 5 nitrogen and oxygen atoms in total. The number of rotatable bonds is 4. The molecular formula is C18H14N2O3. The number of hydrogen-bond donors (Lipinski definition) is 0. The zero-order valence-electron chi connectivity index (χ0n) is 12.5. The number of fused-ring (bicyclic) bond motifs is 3. The van der Waals surface area contributed by atoms with Gasteiger partial charge in [-0.1, -0.05) is 24.3 Å². The van der Waals surface area contributed by atoms with Crippen molar-refractivity contribution in [3.8, 4) is 17.4 Å². The number of hydrogen-bond acceptors (Lipinski definition) is 5. The van der Waals surface area contributed by atoms with Gasteiger partial charge in [0, 0.05) is 5.39 Å². The van der Waals surface area contributed by atoms with Crippen molar-refractivity contribution in [1.82, 2.24) is 9.97 Å². The van der Waals surface area contributed by atoms with Crippen LogP contribution in [0.15, 0.2) is 59.3 Å². The molecule has 0 saturated heterocycles. The highest BCUT2D eigenvalue weighted by molar-refractivity contribution is 6.03. The lowest BCUT2D eigenvalue weighted by atomic mass is 10.2. The Labute approximate surface area is 132 Å². The molecule has 0 fully saturated rings. The normalized spacial score (nSPS) is 11.0. The molecular weight excluding hydrogens is 292 g/mol. The Bertz CT molecular complexity index is 978. The van der Waals surface area contributed by atoms with E-state index in [-0.39, 0.29) is 0 Å². The monoisotopic (exact) mass is 306 g/mol. The van der Waals surface area contributed by atoms with E-state index >= 15 is 0 Å². The fourth-order valence-corrected chi connectivity index (χ4v) is 2.49. The summed E-state index contributed by atoms with van der Waals surface area (Å²) in [5, 5.41) is 0.938. The second kappa shape index (κ2) is 5.61. The van der Waals surface area contributed by atoms with Gasteiger partial charge in [0.05, 0.1) is 6.61 Å². The quantitative estimate of drug-likeness (QED) is 0.553. The number of benzene rings is 2. The molecule has 4 aromatic rings. The van der Waals surface area contributed by atoms with Gasteiger partial charge in [-0.2, -0.15) is 4.98 Å². The topological polar surface area (TPSA) is 57.4 Å². The van der Waals surface area contributed by atoms with Crippen molar-refractivity contribution in [2.75, 3.05) is 6.61 Å². The summed E-state index contributed by atoms with van der Waals surface area (Å²) < 4.78 is 17.4. The maximum absolute atomic E-state index is 5.94. The average molecular weight is 306 g/mol. The largest absolute Gasteiger partial charge is 0.490 e. The van der Waals surface area contributed by atoms with Crippen LogP contribution in [-0.2, 0) is 0 Å². The molecule has 23 heavy (non-hydrogen) atoms. The molecule has 5 heteroatoms. The van der Waals surface area contributed by atoms with Crippen molar-refractivity contribution in [3.63, 3.8) is 0 Å². The van der Waals surface area contributed by atoms with Crippen molar-refractivity contribution < 1.29 is 13.9 Å². The van der Waals surface area contributed by atoms with E-state index in [4.69, 9.17) is 13.9 Å². The van der Waals surface area contributed by atoms with E-state index < -0.39 is 0 Å². The number of nitrogens with zero attached hydrogens (tertiary/aromatic N) is 2. The first-order valence-corrected chi connectivity index (χ1v) is 7.38. The van der Waals surface area contributed by atoms with Crippen LogP contribution < -0.4 is 9.47 Å².